The normalized spacial score (nSPS) is 26.0. The fraction of sp³-hybridized carbons (Fsp3) is 0.632. The molecule has 0 bridgehead atoms. The van der Waals surface area contributed by atoms with Crippen LogP contribution in [0.15, 0.2) is 21.1 Å². The topological polar surface area (TPSA) is 72.4 Å². The molecule has 2 aromatic heterocycles. The monoisotopic (exact) mass is 343 g/mol. The van der Waals surface area contributed by atoms with Gasteiger partial charge in [0.2, 0.25) is 11.8 Å². The first-order chi connectivity index (χ1) is 12.1. The maximum Gasteiger partial charge on any atom is 0.231 e. The number of nitrogens with zero attached hydrogens (tertiary/aromatic N) is 3. The number of piperidine rings is 1. The molecule has 0 unspecified atom stereocenters. The minimum atomic E-state index is 0.158. The second-order valence-electron chi connectivity index (χ2n) is 7.48. The Hall–Kier alpha value is -2.11. The highest BCUT2D eigenvalue weighted by molar-refractivity contribution is 5.76. The molecular formula is C19H25N3O3. The van der Waals surface area contributed by atoms with Gasteiger partial charge < -0.3 is 13.8 Å². The van der Waals surface area contributed by atoms with Crippen LogP contribution in [0.3, 0.4) is 0 Å². The number of aryl methyl sites for hydroxylation is 2. The van der Waals surface area contributed by atoms with Crippen LogP contribution in [-0.2, 0) is 11.2 Å². The van der Waals surface area contributed by atoms with E-state index in [9.17, 15) is 4.79 Å². The average molecular weight is 343 g/mol. The Morgan fingerprint density at radius 2 is 2.24 bits per heavy atom. The molecule has 6 heteroatoms. The molecule has 2 fully saturated rings. The summed E-state index contributed by atoms with van der Waals surface area (Å²) in [6, 6.07) is 4.09. The summed E-state index contributed by atoms with van der Waals surface area (Å²) in [4.78, 5) is 18.8. The summed E-state index contributed by atoms with van der Waals surface area (Å²) >= 11 is 0. The lowest BCUT2D eigenvalue weighted by atomic mass is 9.97. The van der Waals surface area contributed by atoms with Crippen molar-refractivity contribution >= 4 is 5.91 Å². The summed E-state index contributed by atoms with van der Waals surface area (Å²) in [6.07, 6.45) is 4.34. The summed E-state index contributed by atoms with van der Waals surface area (Å²) < 4.78 is 11.2. The highest BCUT2D eigenvalue weighted by Gasteiger charge is 2.36. The molecule has 0 N–H and O–H groups in total. The molecule has 6 nitrogen and oxygen atoms in total. The molecule has 0 radical (unpaired) electrons. The molecule has 0 aromatic carbocycles. The van der Waals surface area contributed by atoms with Gasteiger partial charge in [0.1, 0.15) is 11.5 Å². The molecule has 2 aromatic rings. The van der Waals surface area contributed by atoms with Gasteiger partial charge in [-0.1, -0.05) is 12.1 Å². The van der Waals surface area contributed by atoms with Gasteiger partial charge in [0.15, 0.2) is 5.82 Å². The van der Waals surface area contributed by atoms with Gasteiger partial charge in [-0.3, -0.25) is 4.79 Å². The summed E-state index contributed by atoms with van der Waals surface area (Å²) in [5.74, 6) is 4.97. The van der Waals surface area contributed by atoms with Crippen molar-refractivity contribution in [2.24, 2.45) is 5.92 Å². The van der Waals surface area contributed by atoms with Crippen molar-refractivity contribution in [1.82, 2.24) is 15.0 Å². The van der Waals surface area contributed by atoms with E-state index in [1.807, 2.05) is 17.9 Å². The van der Waals surface area contributed by atoms with Gasteiger partial charge in [0.05, 0.1) is 5.92 Å². The highest BCUT2D eigenvalue weighted by Crippen LogP contribution is 2.47. The first kappa shape index (κ1) is 16.4. The number of furan rings is 1. The van der Waals surface area contributed by atoms with Crippen molar-refractivity contribution in [3.8, 4) is 0 Å². The molecule has 3 heterocycles. The number of likely N-dealkylation sites (tertiary alicyclic amines) is 1. The molecule has 1 aliphatic carbocycles. The van der Waals surface area contributed by atoms with Crippen molar-refractivity contribution < 1.29 is 13.7 Å². The second kappa shape index (κ2) is 6.65. The maximum atomic E-state index is 12.6. The summed E-state index contributed by atoms with van der Waals surface area (Å²) in [5.41, 5.74) is 0. The van der Waals surface area contributed by atoms with Crippen molar-refractivity contribution in [3.63, 3.8) is 0 Å². The van der Waals surface area contributed by atoms with Gasteiger partial charge in [-0.25, -0.2) is 0 Å². The quantitative estimate of drug-likeness (QED) is 0.831. The Labute approximate surface area is 147 Å². The van der Waals surface area contributed by atoms with Gasteiger partial charge in [-0.05, 0) is 44.2 Å². The summed E-state index contributed by atoms with van der Waals surface area (Å²) in [5, 5.41) is 3.86. The zero-order valence-electron chi connectivity index (χ0n) is 14.9. The molecule has 0 spiro atoms. The molecule has 25 heavy (non-hydrogen) atoms. The first-order valence-electron chi connectivity index (χ1n) is 9.26. The van der Waals surface area contributed by atoms with E-state index in [2.05, 4.69) is 23.1 Å². The van der Waals surface area contributed by atoms with Crippen LogP contribution in [0.4, 0.5) is 0 Å². The Kier molecular flexibility index (Phi) is 4.36. The van der Waals surface area contributed by atoms with E-state index in [0.717, 1.165) is 36.8 Å². The van der Waals surface area contributed by atoms with E-state index in [1.54, 1.807) is 0 Å². The zero-order valence-corrected chi connectivity index (χ0v) is 14.9. The van der Waals surface area contributed by atoms with Crippen LogP contribution in [0.2, 0.25) is 0 Å². The van der Waals surface area contributed by atoms with Crippen LogP contribution in [0.1, 0.15) is 67.7 Å². The highest BCUT2D eigenvalue weighted by atomic mass is 16.5. The van der Waals surface area contributed by atoms with Crippen LogP contribution in [-0.4, -0.2) is 34.0 Å². The largest absolute Gasteiger partial charge is 0.466 e. The SMILES string of the molecule is Cc1noc([C@@H]2CCCN(C(=O)CCc3ccc([C@H]4C[C@H]4C)o3)C2)n1. The number of carbonyl (C=O) groups excluding carboxylic acids is 1. The average Bonchev–Trinajstić information content (AvgIpc) is 3.02. The van der Waals surface area contributed by atoms with E-state index in [-0.39, 0.29) is 11.8 Å². The lowest BCUT2D eigenvalue weighted by Gasteiger charge is -2.31. The Morgan fingerprint density at radius 3 is 2.96 bits per heavy atom. The van der Waals surface area contributed by atoms with E-state index in [0.29, 0.717) is 37.0 Å². The maximum absolute atomic E-state index is 12.6. The van der Waals surface area contributed by atoms with Crippen LogP contribution >= 0.6 is 0 Å². The van der Waals surface area contributed by atoms with Gasteiger partial charge in [-0.2, -0.15) is 4.98 Å². The molecular weight excluding hydrogens is 318 g/mol. The third kappa shape index (κ3) is 3.62. The molecule has 2 aliphatic rings. The summed E-state index contributed by atoms with van der Waals surface area (Å²) in [6.45, 7) is 5.54. The Morgan fingerprint density at radius 1 is 1.40 bits per heavy atom. The molecule has 1 aliphatic heterocycles. The van der Waals surface area contributed by atoms with Crippen molar-refractivity contribution in [3.05, 3.63) is 35.4 Å². The predicted octanol–water partition coefficient (Wildman–Crippen LogP) is 3.43. The Balaban J connectivity index is 1.30. The molecule has 134 valence electrons. The van der Waals surface area contributed by atoms with Gasteiger partial charge in [0.25, 0.3) is 0 Å². The van der Waals surface area contributed by atoms with Crippen LogP contribution in [0, 0.1) is 12.8 Å². The smallest absolute Gasteiger partial charge is 0.231 e. The number of hydrogen-bond donors (Lipinski definition) is 0. The van der Waals surface area contributed by atoms with Crippen molar-refractivity contribution in [2.75, 3.05) is 13.1 Å². The number of amides is 1. The van der Waals surface area contributed by atoms with Crippen molar-refractivity contribution in [1.29, 1.82) is 0 Å². The van der Waals surface area contributed by atoms with Gasteiger partial charge >= 0.3 is 0 Å². The number of hydrogen-bond acceptors (Lipinski definition) is 5. The molecule has 4 rings (SSSR count). The number of rotatable bonds is 5. The third-order valence-electron chi connectivity index (χ3n) is 5.41. The number of carbonyl (C=O) groups is 1. The third-order valence-corrected chi connectivity index (χ3v) is 5.41. The lowest BCUT2D eigenvalue weighted by molar-refractivity contribution is -0.132. The van der Waals surface area contributed by atoms with E-state index in [4.69, 9.17) is 8.94 Å². The predicted molar refractivity (Wildman–Crippen MR) is 91.1 cm³/mol. The fourth-order valence-electron chi connectivity index (χ4n) is 3.72. The Bertz CT molecular complexity index is 751. The fourth-order valence-corrected chi connectivity index (χ4v) is 3.72. The molecule has 1 saturated carbocycles. The van der Waals surface area contributed by atoms with Crippen LogP contribution in [0.5, 0.6) is 0 Å². The molecule has 1 saturated heterocycles. The lowest BCUT2D eigenvalue weighted by Crippen LogP contribution is -2.39. The van der Waals surface area contributed by atoms with E-state index in [1.165, 1.54) is 6.42 Å². The van der Waals surface area contributed by atoms with E-state index >= 15 is 0 Å². The minimum Gasteiger partial charge on any atom is -0.466 e. The number of aromatic nitrogens is 2. The van der Waals surface area contributed by atoms with Gasteiger partial charge in [-0.15, -0.1) is 0 Å². The van der Waals surface area contributed by atoms with Crippen molar-refractivity contribution in [2.45, 2.75) is 57.8 Å². The van der Waals surface area contributed by atoms with Crippen LogP contribution in [0.25, 0.3) is 0 Å². The first-order valence-corrected chi connectivity index (χ1v) is 9.26. The molecule has 1 amide bonds. The zero-order chi connectivity index (χ0) is 17.4. The minimum absolute atomic E-state index is 0.158. The van der Waals surface area contributed by atoms with Gasteiger partial charge in [0, 0.05) is 31.8 Å². The van der Waals surface area contributed by atoms with Crippen LogP contribution < -0.4 is 0 Å². The molecule has 3 atom stereocenters. The summed E-state index contributed by atoms with van der Waals surface area (Å²) in [7, 11) is 0. The second-order valence-corrected chi connectivity index (χ2v) is 7.48. The standard InChI is InChI=1S/C19H25N3O3/c1-12-10-16(12)17-7-5-15(24-17)6-8-18(23)22-9-3-4-14(11-22)19-20-13(2)21-25-19/h5,7,12,14,16H,3-4,6,8-11H2,1-2H3/t12-,14-,16+/m1/s1. The van der Waals surface area contributed by atoms with E-state index < -0.39 is 0 Å².